The predicted octanol–water partition coefficient (Wildman–Crippen LogP) is -0.483. The number of hydrogen-bond acceptors (Lipinski definition) is 5. The van der Waals surface area contributed by atoms with Crippen molar-refractivity contribution in [2.24, 2.45) is 11.8 Å². The molecule has 0 aromatic heterocycles. The molecule has 0 aliphatic carbocycles. The molecule has 0 saturated carbocycles. The van der Waals surface area contributed by atoms with Crippen molar-refractivity contribution < 1.29 is 29.0 Å². The Morgan fingerprint density at radius 2 is 1.91 bits per heavy atom. The fourth-order valence-corrected chi connectivity index (χ4v) is 3.51. The normalized spacial score (nSPS) is 33.2. The topological polar surface area (TPSA) is 107 Å². The van der Waals surface area contributed by atoms with Gasteiger partial charge in [0, 0.05) is 13.1 Å². The maximum Gasteiger partial charge on any atom is 0.327 e. The Bertz CT molecular complexity index is 692. The van der Waals surface area contributed by atoms with Crippen LogP contribution >= 0.6 is 0 Å². The highest BCUT2D eigenvalue weighted by atomic mass is 19.1. The lowest BCUT2D eigenvalue weighted by molar-refractivity contribution is -0.153. The lowest BCUT2D eigenvalue weighted by atomic mass is 9.80. The van der Waals surface area contributed by atoms with Crippen LogP contribution < -0.4 is 5.32 Å². The van der Waals surface area contributed by atoms with Gasteiger partial charge in [0.25, 0.3) is 0 Å². The highest BCUT2D eigenvalue weighted by Crippen LogP contribution is 2.48. The van der Waals surface area contributed by atoms with E-state index in [1.165, 1.54) is 31.3 Å². The van der Waals surface area contributed by atoms with Crippen LogP contribution in [0.25, 0.3) is 0 Å². The number of carbonyl (C=O) groups excluding carboxylic acids is 2. The molecule has 122 valence electrons. The summed E-state index contributed by atoms with van der Waals surface area (Å²) in [4.78, 5) is 37.3. The van der Waals surface area contributed by atoms with E-state index in [9.17, 15) is 29.0 Å². The van der Waals surface area contributed by atoms with Gasteiger partial charge < -0.3 is 10.2 Å². The summed E-state index contributed by atoms with van der Waals surface area (Å²) in [7, 11) is 1.29. The Labute approximate surface area is 130 Å². The first-order chi connectivity index (χ1) is 10.8. The van der Waals surface area contributed by atoms with Crippen molar-refractivity contribution in [1.82, 2.24) is 10.2 Å². The fraction of sp³-hybridized carbons (Fsp3) is 0.400. The van der Waals surface area contributed by atoms with Crippen molar-refractivity contribution in [3.63, 3.8) is 0 Å². The Balaban J connectivity index is 2.12. The van der Waals surface area contributed by atoms with E-state index in [0.717, 1.165) is 4.90 Å². The number of imide groups is 1. The zero-order valence-electron chi connectivity index (χ0n) is 12.2. The number of aliphatic hydroxyl groups excluding tert-OH is 1. The number of carboxylic acid groups (broad SMARTS) is 1. The quantitative estimate of drug-likeness (QED) is 0.649. The van der Waals surface area contributed by atoms with Gasteiger partial charge in [0.15, 0.2) is 5.54 Å². The minimum Gasteiger partial charge on any atom is -0.480 e. The predicted molar refractivity (Wildman–Crippen MR) is 74.5 cm³/mol. The van der Waals surface area contributed by atoms with E-state index in [0.29, 0.717) is 5.56 Å². The van der Waals surface area contributed by atoms with E-state index >= 15 is 0 Å². The zero-order valence-corrected chi connectivity index (χ0v) is 12.2. The van der Waals surface area contributed by atoms with E-state index in [2.05, 4.69) is 5.32 Å². The molecule has 0 radical (unpaired) electrons. The summed E-state index contributed by atoms with van der Waals surface area (Å²) >= 11 is 0. The molecule has 0 spiro atoms. The number of nitrogens with zero attached hydrogens (tertiary/aromatic N) is 1. The molecule has 2 heterocycles. The van der Waals surface area contributed by atoms with Gasteiger partial charge in [-0.1, -0.05) is 12.1 Å². The monoisotopic (exact) mass is 322 g/mol. The van der Waals surface area contributed by atoms with Crippen LogP contribution in [-0.4, -0.2) is 52.1 Å². The van der Waals surface area contributed by atoms with E-state index in [-0.39, 0.29) is 0 Å². The standard InChI is InChI=1S/C15H15FN2O5/c1-18-12(20)9-10(13(18)21)15(6-19,14(22)23)17-11(9)7-2-4-8(16)5-3-7/h2-5,9-11,17,19H,6H2,1H3,(H,22,23). The summed E-state index contributed by atoms with van der Waals surface area (Å²) < 4.78 is 13.1. The van der Waals surface area contributed by atoms with Crippen molar-refractivity contribution in [2.75, 3.05) is 13.7 Å². The minimum absolute atomic E-state index is 0.471. The van der Waals surface area contributed by atoms with Crippen molar-refractivity contribution >= 4 is 17.8 Å². The zero-order chi connectivity index (χ0) is 16.9. The number of carboxylic acids is 1. The number of hydrogen-bond donors (Lipinski definition) is 3. The van der Waals surface area contributed by atoms with E-state index in [1.807, 2.05) is 0 Å². The lowest BCUT2D eigenvalue weighted by Gasteiger charge is -2.28. The average molecular weight is 322 g/mol. The second kappa shape index (κ2) is 5.10. The molecular weight excluding hydrogens is 307 g/mol. The summed E-state index contributed by atoms with van der Waals surface area (Å²) in [5.41, 5.74) is -1.46. The third-order valence-electron chi connectivity index (χ3n) is 4.73. The highest BCUT2D eigenvalue weighted by molar-refractivity contribution is 6.09. The van der Waals surface area contributed by atoms with Crippen LogP contribution in [-0.2, 0) is 14.4 Å². The van der Waals surface area contributed by atoms with Crippen LogP contribution in [0.5, 0.6) is 0 Å². The van der Waals surface area contributed by atoms with E-state index in [4.69, 9.17) is 0 Å². The average Bonchev–Trinajstić information content (AvgIpc) is 2.99. The van der Waals surface area contributed by atoms with Crippen LogP contribution in [0, 0.1) is 17.7 Å². The first kappa shape index (κ1) is 15.6. The Hall–Kier alpha value is -2.32. The van der Waals surface area contributed by atoms with Gasteiger partial charge in [0.1, 0.15) is 5.82 Å². The van der Waals surface area contributed by atoms with Crippen LogP contribution in [0.2, 0.25) is 0 Å². The first-order valence-electron chi connectivity index (χ1n) is 7.02. The van der Waals surface area contributed by atoms with Crippen molar-refractivity contribution in [2.45, 2.75) is 11.6 Å². The number of likely N-dealkylation sites (tertiary alicyclic amines) is 1. The molecule has 4 unspecified atom stereocenters. The van der Waals surface area contributed by atoms with Gasteiger partial charge in [-0.3, -0.25) is 24.6 Å². The Kier molecular flexibility index (Phi) is 3.46. The van der Waals surface area contributed by atoms with Crippen molar-refractivity contribution in [1.29, 1.82) is 0 Å². The molecular formula is C15H15FN2O5. The second-order valence-electron chi connectivity index (χ2n) is 5.85. The largest absolute Gasteiger partial charge is 0.480 e. The molecule has 2 aliphatic heterocycles. The number of benzene rings is 1. The molecule has 7 nitrogen and oxygen atoms in total. The molecule has 1 aromatic carbocycles. The number of aliphatic carboxylic acids is 1. The molecule has 2 saturated heterocycles. The Morgan fingerprint density at radius 1 is 1.30 bits per heavy atom. The number of halogens is 1. The second-order valence-corrected chi connectivity index (χ2v) is 5.85. The third kappa shape index (κ3) is 1.98. The van der Waals surface area contributed by atoms with Gasteiger partial charge >= 0.3 is 5.97 Å². The Morgan fingerprint density at radius 3 is 2.43 bits per heavy atom. The van der Waals surface area contributed by atoms with Gasteiger partial charge in [-0.15, -0.1) is 0 Å². The number of fused-ring (bicyclic) bond motifs is 1. The van der Waals surface area contributed by atoms with E-state index in [1.54, 1.807) is 0 Å². The molecule has 4 atom stereocenters. The van der Waals surface area contributed by atoms with Crippen molar-refractivity contribution in [3.05, 3.63) is 35.6 Å². The summed E-state index contributed by atoms with van der Waals surface area (Å²) in [6, 6.07) is 4.43. The highest BCUT2D eigenvalue weighted by Gasteiger charge is 2.67. The van der Waals surface area contributed by atoms with Gasteiger partial charge in [0.05, 0.1) is 18.4 Å². The molecule has 3 N–H and O–H groups in total. The van der Waals surface area contributed by atoms with Gasteiger partial charge in [-0.25, -0.2) is 4.39 Å². The molecule has 1 aromatic rings. The molecule has 0 bridgehead atoms. The molecule has 3 rings (SSSR count). The van der Waals surface area contributed by atoms with Crippen molar-refractivity contribution in [3.8, 4) is 0 Å². The maximum absolute atomic E-state index is 13.1. The fourth-order valence-electron chi connectivity index (χ4n) is 3.51. The smallest absolute Gasteiger partial charge is 0.327 e. The molecule has 2 aliphatic rings. The SMILES string of the molecule is CN1C(=O)C2C(c3ccc(F)cc3)NC(CO)(C(=O)O)C2C1=O. The number of carbonyl (C=O) groups is 3. The van der Waals surface area contributed by atoms with Gasteiger partial charge in [0.2, 0.25) is 11.8 Å². The number of rotatable bonds is 3. The van der Waals surface area contributed by atoms with Crippen LogP contribution in [0.4, 0.5) is 4.39 Å². The summed E-state index contributed by atoms with van der Waals surface area (Å²) in [6.45, 7) is -0.839. The minimum atomic E-state index is -1.94. The summed E-state index contributed by atoms with van der Waals surface area (Å²) in [5.74, 6) is -5.21. The van der Waals surface area contributed by atoms with E-state index < -0.39 is 53.6 Å². The maximum atomic E-state index is 13.1. The molecule has 8 heteroatoms. The van der Waals surface area contributed by atoms with Gasteiger partial charge in [-0.05, 0) is 17.7 Å². The van der Waals surface area contributed by atoms with Crippen LogP contribution in [0.3, 0.4) is 0 Å². The summed E-state index contributed by atoms with van der Waals surface area (Å²) in [6.07, 6.45) is 0. The lowest BCUT2D eigenvalue weighted by Crippen LogP contribution is -2.58. The number of aliphatic hydroxyl groups is 1. The van der Waals surface area contributed by atoms with Crippen LogP contribution in [0.15, 0.2) is 24.3 Å². The molecule has 23 heavy (non-hydrogen) atoms. The summed E-state index contributed by atoms with van der Waals surface area (Å²) in [5, 5.41) is 21.9. The first-order valence-corrected chi connectivity index (χ1v) is 7.02. The number of amides is 2. The van der Waals surface area contributed by atoms with Gasteiger partial charge in [-0.2, -0.15) is 0 Å². The van der Waals surface area contributed by atoms with Crippen LogP contribution in [0.1, 0.15) is 11.6 Å². The molecule has 2 fully saturated rings. The third-order valence-corrected chi connectivity index (χ3v) is 4.73. The number of nitrogens with one attached hydrogen (secondary N) is 1. The molecule has 2 amide bonds.